The van der Waals surface area contributed by atoms with Gasteiger partial charge in [-0.25, -0.2) is 0 Å². The molecule has 0 spiro atoms. The molecule has 2 N–H and O–H groups in total. The van der Waals surface area contributed by atoms with Gasteiger partial charge in [0, 0.05) is 45.2 Å². The highest BCUT2D eigenvalue weighted by Crippen LogP contribution is 2.18. The monoisotopic (exact) mass is 211 g/mol. The van der Waals surface area contributed by atoms with Gasteiger partial charge < -0.3 is 15.5 Å². The van der Waals surface area contributed by atoms with E-state index < -0.39 is 0 Å². The molecule has 0 aromatic rings. The standard InChI is InChI=1S/C11H21N3O/c1-9-10(2-3-11(15)13-9)8-14-6-4-12-5-7-14/h9-10,12H,2-8H2,1H3,(H,13,15)/t9-,10-/m1/s1. The summed E-state index contributed by atoms with van der Waals surface area (Å²) in [6, 6.07) is 0.348. The van der Waals surface area contributed by atoms with E-state index in [1.54, 1.807) is 0 Å². The number of hydrogen-bond donors (Lipinski definition) is 2. The van der Waals surface area contributed by atoms with Crippen LogP contribution in [0.5, 0.6) is 0 Å². The van der Waals surface area contributed by atoms with Gasteiger partial charge in [0.2, 0.25) is 5.91 Å². The fraction of sp³-hybridized carbons (Fsp3) is 0.909. The van der Waals surface area contributed by atoms with Crippen molar-refractivity contribution in [3.63, 3.8) is 0 Å². The smallest absolute Gasteiger partial charge is 0.220 e. The minimum absolute atomic E-state index is 0.221. The van der Waals surface area contributed by atoms with Crippen LogP contribution in [0, 0.1) is 5.92 Å². The SMILES string of the molecule is C[C@H]1NC(=O)CC[C@@H]1CN1CCNCC1. The molecule has 0 radical (unpaired) electrons. The fourth-order valence-electron chi connectivity index (χ4n) is 2.49. The summed E-state index contributed by atoms with van der Waals surface area (Å²) in [5.41, 5.74) is 0. The summed E-state index contributed by atoms with van der Waals surface area (Å²) in [7, 11) is 0. The Hall–Kier alpha value is -0.610. The van der Waals surface area contributed by atoms with Gasteiger partial charge in [0.05, 0.1) is 0 Å². The Balaban J connectivity index is 1.80. The number of carbonyl (C=O) groups is 1. The first-order valence-corrected chi connectivity index (χ1v) is 5.98. The van der Waals surface area contributed by atoms with Gasteiger partial charge in [-0.1, -0.05) is 0 Å². The fourth-order valence-corrected chi connectivity index (χ4v) is 2.49. The number of rotatable bonds is 2. The minimum atomic E-state index is 0.221. The average molecular weight is 211 g/mol. The zero-order valence-electron chi connectivity index (χ0n) is 9.46. The van der Waals surface area contributed by atoms with Crippen molar-refractivity contribution >= 4 is 5.91 Å². The summed E-state index contributed by atoms with van der Waals surface area (Å²) >= 11 is 0. The van der Waals surface area contributed by atoms with Crippen LogP contribution >= 0.6 is 0 Å². The molecular formula is C11H21N3O. The number of hydrogen-bond acceptors (Lipinski definition) is 3. The molecule has 0 aliphatic carbocycles. The molecule has 2 rings (SSSR count). The van der Waals surface area contributed by atoms with E-state index in [1.165, 1.54) is 0 Å². The lowest BCUT2D eigenvalue weighted by atomic mass is 9.91. The molecule has 0 aromatic heterocycles. The highest BCUT2D eigenvalue weighted by molar-refractivity contribution is 5.77. The lowest BCUT2D eigenvalue weighted by Crippen LogP contribution is -2.51. The first-order chi connectivity index (χ1) is 7.25. The maximum atomic E-state index is 11.2. The lowest BCUT2D eigenvalue weighted by Gasteiger charge is -2.35. The highest BCUT2D eigenvalue weighted by Gasteiger charge is 2.27. The maximum Gasteiger partial charge on any atom is 0.220 e. The van der Waals surface area contributed by atoms with Crippen molar-refractivity contribution in [2.75, 3.05) is 32.7 Å². The number of piperidine rings is 1. The molecule has 0 bridgehead atoms. The van der Waals surface area contributed by atoms with E-state index in [9.17, 15) is 4.79 Å². The van der Waals surface area contributed by atoms with E-state index in [0.717, 1.165) is 39.1 Å². The molecule has 0 saturated carbocycles. The molecular weight excluding hydrogens is 190 g/mol. The predicted molar refractivity (Wildman–Crippen MR) is 59.6 cm³/mol. The van der Waals surface area contributed by atoms with Gasteiger partial charge in [0.1, 0.15) is 0 Å². The first kappa shape index (κ1) is 10.9. The normalized spacial score (nSPS) is 33.8. The predicted octanol–water partition coefficient (Wildman–Crippen LogP) is -0.194. The van der Waals surface area contributed by atoms with Gasteiger partial charge in [0.25, 0.3) is 0 Å². The number of piperazine rings is 1. The second kappa shape index (κ2) is 4.94. The third kappa shape index (κ3) is 2.92. The second-order valence-electron chi connectivity index (χ2n) is 4.71. The summed E-state index contributed by atoms with van der Waals surface area (Å²) < 4.78 is 0. The average Bonchev–Trinajstić information content (AvgIpc) is 2.24. The molecule has 2 fully saturated rings. The molecule has 2 heterocycles. The Kier molecular flexibility index (Phi) is 3.59. The van der Waals surface area contributed by atoms with E-state index in [1.807, 2.05) is 0 Å². The molecule has 86 valence electrons. The van der Waals surface area contributed by atoms with Crippen LogP contribution in [0.4, 0.5) is 0 Å². The van der Waals surface area contributed by atoms with E-state index in [-0.39, 0.29) is 5.91 Å². The van der Waals surface area contributed by atoms with Crippen molar-refractivity contribution in [1.82, 2.24) is 15.5 Å². The summed E-state index contributed by atoms with van der Waals surface area (Å²) in [5, 5.41) is 6.40. The molecule has 2 atom stereocenters. The number of nitrogens with one attached hydrogen (secondary N) is 2. The van der Waals surface area contributed by atoms with Crippen molar-refractivity contribution < 1.29 is 4.79 Å². The van der Waals surface area contributed by atoms with E-state index in [0.29, 0.717) is 18.4 Å². The third-order valence-corrected chi connectivity index (χ3v) is 3.54. The van der Waals surface area contributed by atoms with Gasteiger partial charge in [-0.05, 0) is 19.3 Å². The van der Waals surface area contributed by atoms with E-state index in [2.05, 4.69) is 22.5 Å². The zero-order chi connectivity index (χ0) is 10.7. The Morgan fingerprint density at radius 2 is 2.13 bits per heavy atom. The Morgan fingerprint density at radius 1 is 1.40 bits per heavy atom. The third-order valence-electron chi connectivity index (χ3n) is 3.54. The summed E-state index contributed by atoms with van der Waals surface area (Å²) in [6.07, 6.45) is 1.76. The summed E-state index contributed by atoms with van der Waals surface area (Å²) in [4.78, 5) is 13.7. The lowest BCUT2D eigenvalue weighted by molar-refractivity contribution is -0.124. The second-order valence-corrected chi connectivity index (χ2v) is 4.71. The van der Waals surface area contributed by atoms with Crippen LogP contribution in [0.2, 0.25) is 0 Å². The first-order valence-electron chi connectivity index (χ1n) is 5.98. The van der Waals surface area contributed by atoms with E-state index in [4.69, 9.17) is 0 Å². The van der Waals surface area contributed by atoms with Crippen LogP contribution in [0.15, 0.2) is 0 Å². The van der Waals surface area contributed by atoms with Crippen molar-refractivity contribution in [2.45, 2.75) is 25.8 Å². The molecule has 2 aliphatic heterocycles. The molecule has 2 aliphatic rings. The molecule has 0 aromatic carbocycles. The Morgan fingerprint density at radius 3 is 2.80 bits per heavy atom. The molecule has 4 heteroatoms. The van der Waals surface area contributed by atoms with Crippen LogP contribution in [0.1, 0.15) is 19.8 Å². The molecule has 4 nitrogen and oxygen atoms in total. The van der Waals surface area contributed by atoms with Crippen molar-refractivity contribution in [3.8, 4) is 0 Å². The van der Waals surface area contributed by atoms with Crippen LogP contribution in [-0.2, 0) is 4.79 Å². The molecule has 0 unspecified atom stereocenters. The van der Waals surface area contributed by atoms with E-state index >= 15 is 0 Å². The molecule has 2 saturated heterocycles. The summed E-state index contributed by atoms with van der Waals surface area (Å²) in [5.74, 6) is 0.861. The molecule has 1 amide bonds. The largest absolute Gasteiger partial charge is 0.353 e. The highest BCUT2D eigenvalue weighted by atomic mass is 16.1. The topological polar surface area (TPSA) is 44.4 Å². The quantitative estimate of drug-likeness (QED) is 0.665. The number of nitrogens with zero attached hydrogens (tertiary/aromatic N) is 1. The Labute approximate surface area is 91.4 Å². The van der Waals surface area contributed by atoms with Crippen molar-refractivity contribution in [3.05, 3.63) is 0 Å². The van der Waals surface area contributed by atoms with Crippen LogP contribution in [-0.4, -0.2) is 49.6 Å². The van der Waals surface area contributed by atoms with Crippen molar-refractivity contribution in [2.24, 2.45) is 5.92 Å². The van der Waals surface area contributed by atoms with Crippen LogP contribution < -0.4 is 10.6 Å². The van der Waals surface area contributed by atoms with Gasteiger partial charge in [0.15, 0.2) is 0 Å². The van der Waals surface area contributed by atoms with Gasteiger partial charge in [-0.3, -0.25) is 4.79 Å². The van der Waals surface area contributed by atoms with Crippen LogP contribution in [0.25, 0.3) is 0 Å². The minimum Gasteiger partial charge on any atom is -0.353 e. The maximum absolute atomic E-state index is 11.2. The van der Waals surface area contributed by atoms with Gasteiger partial charge in [-0.15, -0.1) is 0 Å². The Bertz CT molecular complexity index is 226. The number of carbonyl (C=O) groups excluding carboxylic acids is 1. The zero-order valence-corrected chi connectivity index (χ0v) is 9.46. The molecule has 15 heavy (non-hydrogen) atoms. The van der Waals surface area contributed by atoms with Gasteiger partial charge in [-0.2, -0.15) is 0 Å². The number of amides is 1. The van der Waals surface area contributed by atoms with Gasteiger partial charge >= 0.3 is 0 Å². The summed E-state index contributed by atoms with van der Waals surface area (Å²) in [6.45, 7) is 7.78. The van der Waals surface area contributed by atoms with Crippen molar-refractivity contribution in [1.29, 1.82) is 0 Å². The van der Waals surface area contributed by atoms with Crippen LogP contribution in [0.3, 0.4) is 0 Å².